The van der Waals surface area contributed by atoms with Crippen LogP contribution in [0.5, 0.6) is 0 Å². The minimum absolute atomic E-state index is 0.287. The van der Waals surface area contributed by atoms with E-state index in [-0.39, 0.29) is 6.67 Å². The van der Waals surface area contributed by atoms with Gasteiger partial charge in [0.05, 0.1) is 11.4 Å². The van der Waals surface area contributed by atoms with Gasteiger partial charge in [0.25, 0.3) is 0 Å². The number of anilines is 1. The Balaban J connectivity index is 1.80. The molecule has 2 aromatic heterocycles. The highest BCUT2D eigenvalue weighted by molar-refractivity contribution is 7.37. The van der Waals surface area contributed by atoms with Crippen LogP contribution in [0, 0.1) is 0 Å². The number of fused-ring (bicyclic) bond motifs is 1. The lowest BCUT2D eigenvalue weighted by Gasteiger charge is -1.97. The predicted octanol–water partition coefficient (Wildman–Crippen LogP) is 2.79. The third kappa shape index (κ3) is 3.65. The first-order chi connectivity index (χ1) is 10.8. The van der Waals surface area contributed by atoms with Gasteiger partial charge in [-0.1, -0.05) is 18.2 Å². The minimum Gasteiger partial charge on any atom is -0.366 e. The summed E-state index contributed by atoms with van der Waals surface area (Å²) in [4.78, 5) is 4.06. The molecule has 22 heavy (non-hydrogen) atoms. The number of hydrogen-bond donors (Lipinski definition) is 3. The lowest BCUT2D eigenvalue weighted by Crippen LogP contribution is -2.00. The Morgan fingerprint density at radius 3 is 3.09 bits per heavy atom. The first-order valence-corrected chi connectivity index (χ1v) is 9.14. The maximum absolute atomic E-state index is 5.58. The second-order valence-corrected chi connectivity index (χ2v) is 6.98. The van der Waals surface area contributed by atoms with Gasteiger partial charge in [-0.3, -0.25) is 4.99 Å². The molecular weight excluding hydrogens is 313 g/mol. The molecule has 0 spiro atoms. The van der Waals surface area contributed by atoms with Crippen LogP contribution in [0.15, 0.2) is 28.1 Å². The molecule has 1 unspecified atom stereocenters. The van der Waals surface area contributed by atoms with Gasteiger partial charge in [-0.05, 0) is 37.7 Å². The van der Waals surface area contributed by atoms with Crippen LogP contribution in [0.1, 0.15) is 18.4 Å². The van der Waals surface area contributed by atoms with Crippen LogP contribution in [0.3, 0.4) is 0 Å². The van der Waals surface area contributed by atoms with Crippen molar-refractivity contribution in [3.63, 3.8) is 0 Å². The van der Waals surface area contributed by atoms with Crippen molar-refractivity contribution in [1.82, 2.24) is 4.75 Å². The number of aromatic nitrogens is 1. The smallest absolute Gasteiger partial charge is 0.148 e. The Bertz CT molecular complexity index is 723. The molecule has 1 atom stereocenters. The van der Waals surface area contributed by atoms with E-state index in [0.29, 0.717) is 20.9 Å². The van der Waals surface area contributed by atoms with E-state index < -0.39 is 0 Å². The molecule has 3 rings (SSSR count). The SMILES string of the molecule is NC/C=C(\C=N/CN)/C=C/c1csc2c(NC3CC3)n[pH]c12. The van der Waals surface area contributed by atoms with Crippen molar-refractivity contribution >= 4 is 47.6 Å². The monoisotopic (exact) mass is 333 g/mol. The molecule has 1 saturated carbocycles. The van der Waals surface area contributed by atoms with Gasteiger partial charge in [0.2, 0.25) is 0 Å². The molecule has 2 aromatic rings. The van der Waals surface area contributed by atoms with Gasteiger partial charge in [-0.15, -0.1) is 11.3 Å². The summed E-state index contributed by atoms with van der Waals surface area (Å²) in [5.41, 5.74) is 13.2. The van der Waals surface area contributed by atoms with E-state index in [2.05, 4.69) is 26.5 Å². The third-order valence-electron chi connectivity index (χ3n) is 3.39. The molecule has 0 aliphatic heterocycles. The molecule has 0 aromatic carbocycles. The third-order valence-corrected chi connectivity index (χ3v) is 5.67. The summed E-state index contributed by atoms with van der Waals surface area (Å²) in [6.07, 6.45) is 10.4. The molecule has 1 aliphatic carbocycles. The zero-order valence-electron chi connectivity index (χ0n) is 12.2. The molecule has 116 valence electrons. The molecule has 1 aliphatic rings. The summed E-state index contributed by atoms with van der Waals surface area (Å²) in [6, 6.07) is 0.641. The Morgan fingerprint density at radius 1 is 1.50 bits per heavy atom. The molecule has 7 heteroatoms. The van der Waals surface area contributed by atoms with E-state index in [4.69, 9.17) is 11.5 Å². The molecule has 5 N–H and O–H groups in total. The fourth-order valence-electron chi connectivity index (χ4n) is 2.11. The Kier molecular flexibility index (Phi) is 5.05. The normalized spacial score (nSPS) is 16.7. The predicted molar refractivity (Wildman–Crippen MR) is 99.5 cm³/mol. The highest BCUT2D eigenvalue weighted by Crippen LogP contribution is 2.40. The van der Waals surface area contributed by atoms with Crippen molar-refractivity contribution in [2.45, 2.75) is 18.9 Å². The summed E-state index contributed by atoms with van der Waals surface area (Å²) < 4.78 is 5.95. The van der Waals surface area contributed by atoms with E-state index >= 15 is 0 Å². The molecule has 1 fully saturated rings. The number of hydrogen-bond acceptors (Lipinski definition) is 6. The van der Waals surface area contributed by atoms with Gasteiger partial charge in [-0.2, -0.15) is 0 Å². The highest BCUT2D eigenvalue weighted by Gasteiger charge is 2.23. The highest BCUT2D eigenvalue weighted by atomic mass is 32.1. The summed E-state index contributed by atoms with van der Waals surface area (Å²) >= 11 is 1.76. The van der Waals surface area contributed by atoms with Gasteiger partial charge in [0.1, 0.15) is 5.82 Å². The van der Waals surface area contributed by atoms with Crippen molar-refractivity contribution in [3.05, 3.63) is 28.7 Å². The van der Waals surface area contributed by atoms with Gasteiger partial charge < -0.3 is 16.8 Å². The Morgan fingerprint density at radius 2 is 2.36 bits per heavy atom. The van der Waals surface area contributed by atoms with Crippen LogP contribution in [0.25, 0.3) is 15.9 Å². The van der Waals surface area contributed by atoms with E-state index in [1.807, 2.05) is 12.2 Å². The van der Waals surface area contributed by atoms with Gasteiger partial charge in [0, 0.05) is 23.9 Å². The second-order valence-electron chi connectivity index (χ2n) is 5.15. The molecule has 0 bridgehead atoms. The van der Waals surface area contributed by atoms with Gasteiger partial charge >= 0.3 is 0 Å². The van der Waals surface area contributed by atoms with Crippen molar-refractivity contribution in [1.29, 1.82) is 0 Å². The molecule has 0 saturated heterocycles. The first kappa shape index (κ1) is 15.4. The van der Waals surface area contributed by atoms with Crippen LogP contribution >= 0.6 is 19.7 Å². The maximum Gasteiger partial charge on any atom is 0.148 e. The average molecular weight is 333 g/mol. The Labute approximate surface area is 135 Å². The number of nitrogens with zero attached hydrogens (tertiary/aromatic N) is 2. The van der Waals surface area contributed by atoms with E-state index in [1.54, 1.807) is 17.6 Å². The van der Waals surface area contributed by atoms with E-state index in [0.717, 1.165) is 11.4 Å². The maximum atomic E-state index is 5.58. The average Bonchev–Trinajstić information content (AvgIpc) is 3.11. The van der Waals surface area contributed by atoms with Crippen LogP contribution < -0.4 is 16.8 Å². The number of thiophene rings is 1. The van der Waals surface area contributed by atoms with Gasteiger partial charge in [-0.25, -0.2) is 4.75 Å². The van der Waals surface area contributed by atoms with Crippen LogP contribution in [0.2, 0.25) is 0 Å². The fraction of sp³-hybridized carbons (Fsp3) is 0.333. The summed E-state index contributed by atoms with van der Waals surface area (Å²) in [7, 11) is 0.503. The van der Waals surface area contributed by atoms with Crippen molar-refractivity contribution < 1.29 is 0 Å². The zero-order chi connectivity index (χ0) is 15.4. The van der Waals surface area contributed by atoms with E-state index in [1.165, 1.54) is 28.2 Å². The zero-order valence-corrected chi connectivity index (χ0v) is 14.1. The summed E-state index contributed by atoms with van der Waals surface area (Å²) in [5.74, 6) is 1.09. The molecule has 5 nitrogen and oxygen atoms in total. The fourth-order valence-corrected chi connectivity index (χ4v) is 4.41. The molecule has 2 heterocycles. The van der Waals surface area contributed by atoms with Gasteiger partial charge in [0.15, 0.2) is 0 Å². The summed E-state index contributed by atoms with van der Waals surface area (Å²) in [6.45, 7) is 0.771. The lowest BCUT2D eigenvalue weighted by atomic mass is 10.2. The van der Waals surface area contributed by atoms with E-state index in [9.17, 15) is 0 Å². The van der Waals surface area contributed by atoms with Crippen LogP contribution in [-0.2, 0) is 0 Å². The van der Waals surface area contributed by atoms with Crippen molar-refractivity contribution in [3.8, 4) is 0 Å². The minimum atomic E-state index is 0.287. The van der Waals surface area contributed by atoms with Crippen molar-refractivity contribution in [2.24, 2.45) is 16.5 Å². The number of aliphatic imine (C=N–C) groups is 1. The first-order valence-electron chi connectivity index (χ1n) is 7.32. The number of allylic oxidation sites excluding steroid dienone is 2. The lowest BCUT2D eigenvalue weighted by molar-refractivity contribution is 1.08. The number of rotatable bonds is 7. The summed E-state index contributed by atoms with van der Waals surface area (Å²) in [5, 5.41) is 7.05. The molecule has 0 amide bonds. The molecular formula is C15H20N5PS. The largest absolute Gasteiger partial charge is 0.366 e. The van der Waals surface area contributed by atoms with Crippen LogP contribution in [-0.4, -0.2) is 30.2 Å². The molecule has 0 radical (unpaired) electrons. The number of nitrogens with one attached hydrogen (secondary N) is 1. The quantitative estimate of drug-likeness (QED) is 0.537. The van der Waals surface area contributed by atoms with Crippen LogP contribution in [0.4, 0.5) is 5.82 Å². The van der Waals surface area contributed by atoms with Crippen molar-refractivity contribution in [2.75, 3.05) is 18.5 Å². The number of nitrogens with two attached hydrogens (primary N) is 2. The second kappa shape index (κ2) is 7.20. The Hall–Kier alpha value is -1.46. The standard InChI is InChI=1S/C15H20N5PS/c16-6-5-10(7-18-9-17)1-2-11-8-22-14-13(11)21-20-15(14)19-12-3-4-12/h1-2,5,7-8,12,21H,3-4,6,9,16-17H2,(H,19,20)/b2-1+,10-5-,18-7-. The topological polar surface area (TPSA) is 89.3 Å².